The average molecular weight is 499 g/mol. The zero-order valence-corrected chi connectivity index (χ0v) is 21.0. The van der Waals surface area contributed by atoms with Gasteiger partial charge in [-0.1, -0.05) is 48.0 Å². The lowest BCUT2D eigenvalue weighted by molar-refractivity contribution is -0.136. The fourth-order valence-electron chi connectivity index (χ4n) is 3.92. The number of nitrogens with one attached hydrogen (secondary N) is 1. The first-order chi connectivity index (χ1) is 17.9. The Morgan fingerprint density at radius 1 is 0.973 bits per heavy atom. The van der Waals surface area contributed by atoms with Crippen LogP contribution in [0.25, 0.3) is 11.5 Å². The minimum absolute atomic E-state index is 0.0323. The van der Waals surface area contributed by atoms with Crippen molar-refractivity contribution in [2.24, 2.45) is 0 Å². The van der Waals surface area contributed by atoms with Gasteiger partial charge in [0.1, 0.15) is 11.5 Å². The van der Waals surface area contributed by atoms with Crippen LogP contribution in [0.3, 0.4) is 0 Å². The Labute approximate surface area is 216 Å². The van der Waals surface area contributed by atoms with Gasteiger partial charge in [0.15, 0.2) is 0 Å². The molecular weight excluding hydrogens is 468 g/mol. The SMILES string of the molecule is Cc1ccc(C(=O)NCc2cc(CCC(=O)O)ccc2OCCc2nc(-c3ccccc3)oc2C)cc1. The van der Waals surface area contributed by atoms with Crippen LogP contribution < -0.4 is 10.1 Å². The number of carbonyl (C=O) groups is 2. The number of oxazole rings is 1. The van der Waals surface area contributed by atoms with Crippen LogP contribution in [-0.4, -0.2) is 28.6 Å². The molecule has 37 heavy (non-hydrogen) atoms. The molecule has 0 radical (unpaired) electrons. The van der Waals surface area contributed by atoms with Crippen molar-refractivity contribution in [3.05, 3.63) is 107 Å². The monoisotopic (exact) mass is 498 g/mol. The Hall–Kier alpha value is -4.39. The van der Waals surface area contributed by atoms with Gasteiger partial charge in [0.2, 0.25) is 5.89 Å². The summed E-state index contributed by atoms with van der Waals surface area (Å²) < 4.78 is 11.9. The number of amides is 1. The lowest BCUT2D eigenvalue weighted by Crippen LogP contribution is -2.23. The highest BCUT2D eigenvalue weighted by Gasteiger charge is 2.13. The van der Waals surface area contributed by atoms with Crippen molar-refractivity contribution in [3.8, 4) is 17.2 Å². The van der Waals surface area contributed by atoms with E-state index in [0.717, 1.165) is 33.7 Å². The van der Waals surface area contributed by atoms with E-state index < -0.39 is 5.97 Å². The Morgan fingerprint density at radius 3 is 2.46 bits per heavy atom. The summed E-state index contributed by atoms with van der Waals surface area (Å²) in [6, 6.07) is 22.7. The van der Waals surface area contributed by atoms with Gasteiger partial charge in [-0.2, -0.15) is 0 Å². The van der Waals surface area contributed by atoms with Gasteiger partial charge in [0.05, 0.1) is 12.3 Å². The molecule has 1 aromatic heterocycles. The van der Waals surface area contributed by atoms with Crippen LogP contribution >= 0.6 is 0 Å². The van der Waals surface area contributed by atoms with Gasteiger partial charge in [0, 0.05) is 36.1 Å². The maximum Gasteiger partial charge on any atom is 0.303 e. The normalized spacial score (nSPS) is 10.8. The van der Waals surface area contributed by atoms with E-state index in [1.807, 2.05) is 74.5 Å². The average Bonchev–Trinajstić information content (AvgIpc) is 3.28. The molecule has 0 bridgehead atoms. The predicted octanol–water partition coefficient (Wildman–Crippen LogP) is 5.53. The number of rotatable bonds is 11. The van der Waals surface area contributed by atoms with Crippen molar-refractivity contribution in [3.63, 3.8) is 0 Å². The van der Waals surface area contributed by atoms with Gasteiger partial charge >= 0.3 is 5.97 Å². The third kappa shape index (κ3) is 7.07. The van der Waals surface area contributed by atoms with Gasteiger partial charge < -0.3 is 19.6 Å². The lowest BCUT2D eigenvalue weighted by atomic mass is 10.0. The summed E-state index contributed by atoms with van der Waals surface area (Å²) in [5.41, 5.74) is 5.05. The Kier molecular flexibility index (Phi) is 8.36. The molecule has 4 aromatic rings. The van der Waals surface area contributed by atoms with Crippen molar-refractivity contribution in [1.82, 2.24) is 10.3 Å². The van der Waals surface area contributed by atoms with Gasteiger partial charge in [-0.05, 0) is 56.2 Å². The van der Waals surface area contributed by atoms with Gasteiger partial charge in [-0.25, -0.2) is 4.98 Å². The second-order valence-electron chi connectivity index (χ2n) is 8.87. The Balaban J connectivity index is 1.44. The number of aliphatic carboxylic acids is 1. The van der Waals surface area contributed by atoms with Crippen LogP contribution in [-0.2, 0) is 24.2 Å². The van der Waals surface area contributed by atoms with E-state index in [1.165, 1.54) is 0 Å². The highest BCUT2D eigenvalue weighted by atomic mass is 16.5. The molecule has 0 saturated heterocycles. The smallest absolute Gasteiger partial charge is 0.303 e. The Morgan fingerprint density at radius 2 is 1.73 bits per heavy atom. The molecule has 1 heterocycles. The van der Waals surface area contributed by atoms with Crippen LogP contribution in [0.5, 0.6) is 5.75 Å². The van der Waals surface area contributed by atoms with Crippen LogP contribution in [0.15, 0.2) is 77.2 Å². The standard InChI is InChI=1S/C30H30N2O5/c1-20-8-12-23(13-9-20)29(35)31-19-25-18-22(11-15-28(33)34)10-14-27(25)36-17-16-26-21(2)37-30(32-26)24-6-4-3-5-7-24/h3-10,12-14,18H,11,15-17,19H2,1-2H3,(H,31,35)(H,33,34). The molecule has 0 aliphatic rings. The van der Waals surface area contributed by atoms with Crippen molar-refractivity contribution in [2.75, 3.05) is 6.61 Å². The number of carboxylic acids is 1. The second-order valence-corrected chi connectivity index (χ2v) is 8.87. The Bertz CT molecular complexity index is 1360. The third-order valence-electron chi connectivity index (χ3n) is 6.02. The molecule has 0 saturated carbocycles. The summed E-state index contributed by atoms with van der Waals surface area (Å²) in [4.78, 5) is 28.3. The molecule has 190 valence electrons. The number of nitrogens with zero attached hydrogens (tertiary/aromatic N) is 1. The van der Waals surface area contributed by atoms with Gasteiger partial charge in [0.25, 0.3) is 5.91 Å². The molecule has 0 aliphatic heterocycles. The largest absolute Gasteiger partial charge is 0.493 e. The quantitative estimate of drug-likeness (QED) is 0.282. The lowest BCUT2D eigenvalue weighted by Gasteiger charge is -2.14. The third-order valence-corrected chi connectivity index (χ3v) is 6.02. The van der Waals surface area contributed by atoms with E-state index >= 15 is 0 Å². The molecule has 1 amide bonds. The molecule has 0 atom stereocenters. The molecular formula is C30H30N2O5. The van der Waals surface area contributed by atoms with Crippen molar-refractivity contribution < 1.29 is 23.8 Å². The number of carbonyl (C=O) groups excluding carboxylic acids is 1. The fraction of sp³-hybridized carbons (Fsp3) is 0.233. The van der Waals surface area contributed by atoms with Crippen molar-refractivity contribution >= 4 is 11.9 Å². The van der Waals surface area contributed by atoms with Crippen LogP contribution in [0.4, 0.5) is 0 Å². The zero-order valence-electron chi connectivity index (χ0n) is 21.0. The molecule has 2 N–H and O–H groups in total. The number of hydrogen-bond acceptors (Lipinski definition) is 5. The summed E-state index contributed by atoms with van der Waals surface area (Å²) in [6.45, 7) is 4.48. The molecule has 0 unspecified atom stereocenters. The maximum atomic E-state index is 12.6. The summed E-state index contributed by atoms with van der Waals surface area (Å²) in [6.07, 6.45) is 0.984. The highest BCUT2D eigenvalue weighted by Crippen LogP contribution is 2.24. The summed E-state index contributed by atoms with van der Waals surface area (Å²) >= 11 is 0. The van der Waals surface area contributed by atoms with Crippen molar-refractivity contribution in [2.45, 2.75) is 39.7 Å². The van der Waals surface area contributed by atoms with Crippen molar-refractivity contribution in [1.29, 1.82) is 0 Å². The van der Waals surface area contributed by atoms with Crippen LogP contribution in [0.1, 0.15) is 44.9 Å². The topological polar surface area (TPSA) is 102 Å². The number of benzene rings is 3. The molecule has 3 aromatic carbocycles. The summed E-state index contributed by atoms with van der Waals surface area (Å²) in [5, 5.41) is 12.0. The molecule has 7 heteroatoms. The number of aryl methyl sites for hydroxylation is 3. The minimum Gasteiger partial charge on any atom is -0.493 e. The molecule has 4 rings (SSSR count). The van der Waals surface area contributed by atoms with E-state index in [-0.39, 0.29) is 18.9 Å². The number of carboxylic acid groups (broad SMARTS) is 1. The van der Waals surface area contributed by atoms with E-state index in [4.69, 9.17) is 14.3 Å². The first kappa shape index (κ1) is 25.7. The van der Waals surface area contributed by atoms with Gasteiger partial charge in [-0.15, -0.1) is 0 Å². The fourth-order valence-corrected chi connectivity index (χ4v) is 3.92. The number of aromatic nitrogens is 1. The summed E-state index contributed by atoms with van der Waals surface area (Å²) in [5.74, 6) is 0.918. The highest BCUT2D eigenvalue weighted by molar-refractivity contribution is 5.94. The number of ether oxygens (including phenoxy) is 1. The molecule has 0 aliphatic carbocycles. The van der Waals surface area contributed by atoms with Crippen LogP contribution in [0.2, 0.25) is 0 Å². The summed E-state index contributed by atoms with van der Waals surface area (Å²) in [7, 11) is 0. The molecule has 0 fully saturated rings. The van der Waals surface area contributed by atoms with E-state index in [9.17, 15) is 9.59 Å². The zero-order chi connectivity index (χ0) is 26.2. The van der Waals surface area contributed by atoms with E-state index in [1.54, 1.807) is 12.1 Å². The van der Waals surface area contributed by atoms with E-state index in [0.29, 0.717) is 36.7 Å². The molecule has 7 nitrogen and oxygen atoms in total. The van der Waals surface area contributed by atoms with E-state index in [2.05, 4.69) is 10.3 Å². The minimum atomic E-state index is -0.854. The first-order valence-electron chi connectivity index (χ1n) is 12.2. The van der Waals surface area contributed by atoms with Crippen LogP contribution in [0, 0.1) is 13.8 Å². The first-order valence-corrected chi connectivity index (χ1v) is 12.2. The molecule has 0 spiro atoms. The maximum absolute atomic E-state index is 12.6. The number of hydrogen-bond donors (Lipinski definition) is 2. The predicted molar refractivity (Wildman–Crippen MR) is 141 cm³/mol. The van der Waals surface area contributed by atoms with Gasteiger partial charge in [-0.3, -0.25) is 9.59 Å². The second kappa shape index (κ2) is 12.0.